The normalized spacial score (nSPS) is 13.2. The molecule has 0 spiro atoms. The highest BCUT2D eigenvalue weighted by Crippen LogP contribution is 2.39. The zero-order valence-corrected chi connectivity index (χ0v) is 15.6. The van der Waals surface area contributed by atoms with Crippen molar-refractivity contribution >= 4 is 27.4 Å². The van der Waals surface area contributed by atoms with Crippen LogP contribution in [0.2, 0.25) is 0 Å². The highest BCUT2D eigenvalue weighted by Gasteiger charge is 2.48. The quantitative estimate of drug-likeness (QED) is 0.536. The second-order valence-corrected chi connectivity index (χ2v) is 8.15. The van der Waals surface area contributed by atoms with Crippen molar-refractivity contribution in [3.05, 3.63) is 39.8 Å². The largest absolute Gasteiger partial charge is 0.534 e. The first kappa shape index (κ1) is 21.0. The molecule has 0 aliphatic rings. The lowest BCUT2D eigenvalue weighted by Crippen LogP contribution is -2.28. The fourth-order valence-electron chi connectivity index (χ4n) is 2.25. The SMILES string of the molecule is COc1ccc(OS(=O)(=O)C(F)(F)F)cc1C(CC(=O)O)c1ncc(C)s1. The van der Waals surface area contributed by atoms with Crippen molar-refractivity contribution in [1.82, 2.24) is 4.98 Å². The Morgan fingerprint density at radius 1 is 1.37 bits per heavy atom. The first-order valence-corrected chi connectivity index (χ1v) is 9.50. The van der Waals surface area contributed by atoms with Gasteiger partial charge < -0.3 is 14.0 Å². The van der Waals surface area contributed by atoms with Crippen molar-refractivity contribution < 1.29 is 40.4 Å². The Hall–Kier alpha value is -2.34. The number of halogens is 3. The number of aryl methyl sites for hydroxylation is 1. The van der Waals surface area contributed by atoms with Gasteiger partial charge in [0.05, 0.1) is 19.4 Å². The van der Waals surface area contributed by atoms with E-state index in [2.05, 4.69) is 9.17 Å². The van der Waals surface area contributed by atoms with Gasteiger partial charge in [0.1, 0.15) is 16.5 Å². The summed E-state index contributed by atoms with van der Waals surface area (Å²) in [4.78, 5) is 16.2. The zero-order valence-electron chi connectivity index (χ0n) is 14.0. The lowest BCUT2D eigenvalue weighted by atomic mass is 9.95. The molecule has 12 heteroatoms. The summed E-state index contributed by atoms with van der Waals surface area (Å²) in [7, 11) is -4.58. The number of nitrogens with zero attached hydrogens (tertiary/aromatic N) is 1. The van der Waals surface area contributed by atoms with Crippen LogP contribution in [0.1, 0.15) is 27.8 Å². The Labute approximate surface area is 156 Å². The molecular formula is C15H14F3NO6S2. The van der Waals surface area contributed by atoms with Crippen LogP contribution in [-0.4, -0.2) is 37.1 Å². The molecule has 1 aromatic carbocycles. The van der Waals surface area contributed by atoms with Gasteiger partial charge in [0.15, 0.2) is 0 Å². The van der Waals surface area contributed by atoms with Gasteiger partial charge in [-0.25, -0.2) is 4.98 Å². The Bertz CT molecular complexity index is 939. The average molecular weight is 425 g/mol. The number of alkyl halides is 3. The molecule has 0 aliphatic carbocycles. The highest BCUT2D eigenvalue weighted by atomic mass is 32.2. The predicted octanol–water partition coefficient (Wildman–Crippen LogP) is 3.30. The number of carboxylic acids is 1. The Morgan fingerprint density at radius 2 is 2.04 bits per heavy atom. The van der Waals surface area contributed by atoms with Gasteiger partial charge in [-0.05, 0) is 25.1 Å². The Balaban J connectivity index is 2.53. The summed E-state index contributed by atoms with van der Waals surface area (Å²) in [5.74, 6) is -2.50. The molecule has 0 radical (unpaired) electrons. The first-order valence-electron chi connectivity index (χ1n) is 7.27. The van der Waals surface area contributed by atoms with Crippen LogP contribution in [0.25, 0.3) is 0 Å². The fraction of sp³-hybridized carbons (Fsp3) is 0.333. The standard InChI is InChI=1S/C15H14F3NO6S2/c1-8-7-19-14(26-8)11(6-13(20)21)10-5-9(3-4-12(10)24-2)25-27(22,23)15(16,17)18/h3-5,7,11H,6H2,1-2H3,(H,20,21). The van der Waals surface area contributed by atoms with E-state index < -0.39 is 39.7 Å². The third-order valence-electron chi connectivity index (χ3n) is 3.38. The molecule has 1 aromatic heterocycles. The number of aliphatic carboxylic acids is 1. The minimum atomic E-state index is -5.87. The van der Waals surface area contributed by atoms with Crippen molar-refractivity contribution in [3.63, 3.8) is 0 Å². The van der Waals surface area contributed by atoms with E-state index in [-0.39, 0.29) is 11.3 Å². The molecule has 148 valence electrons. The molecule has 0 fully saturated rings. The molecule has 27 heavy (non-hydrogen) atoms. The van der Waals surface area contributed by atoms with Gasteiger partial charge in [0, 0.05) is 16.6 Å². The molecule has 0 bridgehead atoms. The molecule has 2 rings (SSSR count). The third kappa shape index (κ3) is 4.89. The highest BCUT2D eigenvalue weighted by molar-refractivity contribution is 7.88. The smallest absolute Gasteiger partial charge is 0.496 e. The number of aromatic nitrogens is 1. The van der Waals surface area contributed by atoms with Crippen molar-refractivity contribution in [2.45, 2.75) is 24.8 Å². The van der Waals surface area contributed by atoms with Crippen LogP contribution in [0.15, 0.2) is 24.4 Å². The van der Waals surface area contributed by atoms with E-state index in [1.165, 1.54) is 30.7 Å². The maximum atomic E-state index is 12.5. The van der Waals surface area contributed by atoms with Crippen molar-refractivity contribution in [2.24, 2.45) is 0 Å². The van der Waals surface area contributed by atoms with Crippen molar-refractivity contribution in [3.8, 4) is 11.5 Å². The monoisotopic (exact) mass is 425 g/mol. The van der Waals surface area contributed by atoms with Crippen LogP contribution >= 0.6 is 11.3 Å². The number of carboxylic acid groups (broad SMARTS) is 1. The van der Waals surface area contributed by atoms with Gasteiger partial charge >= 0.3 is 21.6 Å². The predicted molar refractivity (Wildman–Crippen MR) is 89.5 cm³/mol. The molecule has 0 aliphatic heterocycles. The van der Waals surface area contributed by atoms with E-state index >= 15 is 0 Å². The number of ether oxygens (including phenoxy) is 1. The number of benzene rings is 1. The van der Waals surface area contributed by atoms with Crippen LogP contribution in [0.5, 0.6) is 11.5 Å². The molecule has 1 atom stereocenters. The van der Waals surface area contributed by atoms with E-state index in [1.807, 2.05) is 0 Å². The summed E-state index contributed by atoms with van der Waals surface area (Å²) >= 11 is 1.21. The van der Waals surface area contributed by atoms with Gasteiger partial charge in [-0.15, -0.1) is 11.3 Å². The third-order valence-corrected chi connectivity index (χ3v) is 5.39. The molecule has 1 unspecified atom stereocenters. The van der Waals surface area contributed by atoms with Crippen LogP contribution in [0, 0.1) is 6.92 Å². The second-order valence-electron chi connectivity index (χ2n) is 5.35. The minimum absolute atomic E-state index is 0.143. The van der Waals surface area contributed by atoms with E-state index in [4.69, 9.17) is 4.74 Å². The molecule has 1 heterocycles. The molecule has 0 saturated heterocycles. The number of rotatable bonds is 7. The van der Waals surface area contributed by atoms with Gasteiger partial charge in [0.25, 0.3) is 0 Å². The molecule has 1 N–H and O–H groups in total. The van der Waals surface area contributed by atoms with E-state index in [0.717, 1.165) is 17.0 Å². The van der Waals surface area contributed by atoms with Crippen molar-refractivity contribution in [1.29, 1.82) is 0 Å². The number of hydrogen-bond acceptors (Lipinski definition) is 7. The summed E-state index contributed by atoms with van der Waals surface area (Å²) < 4.78 is 69.3. The second kappa shape index (κ2) is 7.72. The van der Waals surface area contributed by atoms with Gasteiger partial charge in [-0.1, -0.05) is 0 Å². The topological polar surface area (TPSA) is 103 Å². The van der Waals surface area contributed by atoms with Crippen LogP contribution in [0.3, 0.4) is 0 Å². The average Bonchev–Trinajstić information content (AvgIpc) is 2.97. The molecule has 2 aromatic rings. The maximum absolute atomic E-state index is 12.5. The van der Waals surface area contributed by atoms with Crippen LogP contribution < -0.4 is 8.92 Å². The zero-order chi connectivity index (χ0) is 20.4. The van der Waals surface area contributed by atoms with E-state index in [1.54, 1.807) is 6.92 Å². The van der Waals surface area contributed by atoms with Crippen molar-refractivity contribution in [2.75, 3.05) is 7.11 Å². The summed E-state index contributed by atoms with van der Waals surface area (Å²) in [5.41, 5.74) is -5.45. The summed E-state index contributed by atoms with van der Waals surface area (Å²) in [5, 5.41) is 9.59. The molecule has 7 nitrogen and oxygen atoms in total. The summed E-state index contributed by atoms with van der Waals surface area (Å²) in [6.45, 7) is 1.76. The number of hydrogen-bond donors (Lipinski definition) is 1. The number of carbonyl (C=O) groups is 1. The first-order chi connectivity index (χ1) is 12.4. The minimum Gasteiger partial charge on any atom is -0.496 e. The van der Waals surface area contributed by atoms with E-state index in [9.17, 15) is 31.5 Å². The summed E-state index contributed by atoms with van der Waals surface area (Å²) in [6, 6.07) is 3.19. The van der Waals surface area contributed by atoms with Gasteiger partial charge in [0.2, 0.25) is 0 Å². The van der Waals surface area contributed by atoms with Gasteiger partial charge in [-0.3, -0.25) is 4.79 Å². The van der Waals surface area contributed by atoms with Crippen LogP contribution in [-0.2, 0) is 14.9 Å². The number of methoxy groups -OCH3 is 1. The fourth-order valence-corrected chi connectivity index (χ4v) is 3.59. The van der Waals surface area contributed by atoms with Crippen LogP contribution in [0.4, 0.5) is 13.2 Å². The molecule has 0 amide bonds. The van der Waals surface area contributed by atoms with Gasteiger partial charge in [-0.2, -0.15) is 21.6 Å². The Kier molecular flexibility index (Phi) is 6.00. The maximum Gasteiger partial charge on any atom is 0.534 e. The van der Waals surface area contributed by atoms with E-state index in [0.29, 0.717) is 5.01 Å². The Morgan fingerprint density at radius 3 is 2.52 bits per heavy atom. The summed E-state index contributed by atoms with van der Waals surface area (Å²) in [6.07, 6.45) is 1.09. The number of thiazole rings is 1. The lowest BCUT2D eigenvalue weighted by molar-refractivity contribution is -0.137. The molecule has 0 saturated carbocycles. The lowest BCUT2D eigenvalue weighted by Gasteiger charge is -2.18. The molecular weight excluding hydrogens is 411 g/mol.